The molecule has 2 aromatic rings. The zero-order chi connectivity index (χ0) is 34.6. The van der Waals surface area contributed by atoms with E-state index in [9.17, 15) is 24.8 Å². The van der Waals surface area contributed by atoms with E-state index in [2.05, 4.69) is 26.5 Å². The number of likely N-dealkylation sites (N-methyl/N-ethyl adjacent to an activating group) is 1. The largest absolute Gasteiger partial charge is 0.504 e. The second kappa shape index (κ2) is 12.7. The standard InChI is InChI=1S/C35H41N5O8/c1-8-9-26(42)38-18(4)35(44)37-14-25-28-21(32(48-19(5)41)17(3)33-34(28)47-15-46-33)12-23-29-27-20(10-16(2)31(45-7)30(27)43)11-22(39(29)6)24(13-36)40(23)25/h8-10,18,22-25,29,43H,11-12,14-15H2,1-7H3,(H,37,44)(H,38,42)/b9-8+/t18-,22+,23?,24-,25-,29+/m0/s1. The summed E-state index contributed by atoms with van der Waals surface area (Å²) in [5, 5.41) is 28.2. The van der Waals surface area contributed by atoms with Gasteiger partial charge in [0.05, 0.1) is 25.3 Å². The number of nitriles is 1. The van der Waals surface area contributed by atoms with E-state index in [1.54, 1.807) is 26.8 Å². The normalized spacial score (nSPS) is 24.5. The molecule has 4 heterocycles. The Morgan fingerprint density at radius 3 is 2.56 bits per heavy atom. The monoisotopic (exact) mass is 659 g/mol. The van der Waals surface area contributed by atoms with Gasteiger partial charge in [0.15, 0.2) is 23.0 Å². The van der Waals surface area contributed by atoms with Gasteiger partial charge in [-0.1, -0.05) is 12.1 Å². The number of allylic oxidation sites excluding steroid dienone is 1. The predicted octanol–water partition coefficient (Wildman–Crippen LogP) is 2.64. The Kier molecular flexibility index (Phi) is 8.74. The van der Waals surface area contributed by atoms with E-state index >= 15 is 0 Å². The van der Waals surface area contributed by atoms with Crippen molar-refractivity contribution in [1.82, 2.24) is 20.4 Å². The molecule has 1 unspecified atom stereocenters. The zero-order valence-corrected chi connectivity index (χ0v) is 28.2. The number of esters is 1. The van der Waals surface area contributed by atoms with E-state index < -0.39 is 42.0 Å². The van der Waals surface area contributed by atoms with Crippen LogP contribution in [0, 0.1) is 25.2 Å². The van der Waals surface area contributed by atoms with Crippen LogP contribution in [0.4, 0.5) is 0 Å². The lowest BCUT2D eigenvalue weighted by atomic mass is 9.71. The topological polar surface area (TPSA) is 163 Å². The molecule has 1 fully saturated rings. The van der Waals surface area contributed by atoms with Crippen molar-refractivity contribution in [3.05, 3.63) is 51.6 Å². The molecule has 0 aromatic heterocycles. The van der Waals surface area contributed by atoms with E-state index in [4.69, 9.17) is 18.9 Å². The van der Waals surface area contributed by atoms with Crippen molar-refractivity contribution < 1.29 is 38.4 Å². The van der Waals surface area contributed by atoms with Gasteiger partial charge in [0.1, 0.15) is 17.8 Å². The Hall–Kier alpha value is -4.80. The minimum atomic E-state index is -0.842. The van der Waals surface area contributed by atoms with Gasteiger partial charge in [-0.3, -0.25) is 24.2 Å². The quantitative estimate of drug-likeness (QED) is 0.228. The third-order valence-electron chi connectivity index (χ3n) is 10.1. The van der Waals surface area contributed by atoms with Crippen LogP contribution in [0.1, 0.15) is 66.2 Å². The van der Waals surface area contributed by atoms with Crippen LogP contribution in [0.25, 0.3) is 0 Å². The number of carbonyl (C=O) groups excluding carboxylic acids is 3. The van der Waals surface area contributed by atoms with Crippen molar-refractivity contribution >= 4 is 17.8 Å². The number of rotatable bonds is 7. The summed E-state index contributed by atoms with van der Waals surface area (Å²) in [6.45, 7) is 8.33. The van der Waals surface area contributed by atoms with Crippen LogP contribution in [-0.2, 0) is 27.2 Å². The van der Waals surface area contributed by atoms with Crippen LogP contribution >= 0.6 is 0 Å². The van der Waals surface area contributed by atoms with Crippen molar-refractivity contribution in [3.63, 3.8) is 0 Å². The first-order chi connectivity index (χ1) is 22.9. The van der Waals surface area contributed by atoms with Crippen molar-refractivity contribution in [3.8, 4) is 34.8 Å². The first kappa shape index (κ1) is 33.1. The number of fused-ring (bicyclic) bond motifs is 9. The average molecular weight is 660 g/mol. The third-order valence-corrected chi connectivity index (χ3v) is 10.1. The number of benzene rings is 2. The van der Waals surface area contributed by atoms with E-state index in [0.29, 0.717) is 52.5 Å². The smallest absolute Gasteiger partial charge is 0.308 e. The van der Waals surface area contributed by atoms with E-state index in [1.807, 2.05) is 20.0 Å². The fraction of sp³-hybridized carbons (Fsp3) is 0.486. The fourth-order valence-corrected chi connectivity index (χ4v) is 8.14. The van der Waals surface area contributed by atoms with Crippen LogP contribution in [-0.4, -0.2) is 84.4 Å². The molecule has 13 heteroatoms. The zero-order valence-electron chi connectivity index (χ0n) is 28.2. The van der Waals surface area contributed by atoms with Crippen molar-refractivity contribution in [2.45, 2.75) is 83.7 Å². The van der Waals surface area contributed by atoms with E-state index in [-0.39, 0.29) is 31.2 Å². The number of piperazine rings is 1. The van der Waals surface area contributed by atoms with Gasteiger partial charge in [-0.05, 0) is 64.8 Å². The molecule has 0 saturated carbocycles. The Morgan fingerprint density at radius 2 is 1.90 bits per heavy atom. The van der Waals surface area contributed by atoms with Crippen LogP contribution in [0.3, 0.4) is 0 Å². The van der Waals surface area contributed by atoms with Crippen molar-refractivity contribution in [1.29, 1.82) is 5.26 Å². The number of nitrogens with one attached hydrogen (secondary N) is 2. The molecule has 0 spiro atoms. The highest BCUT2D eigenvalue weighted by Gasteiger charge is 2.57. The lowest BCUT2D eigenvalue weighted by molar-refractivity contribution is -0.132. The molecule has 2 aromatic carbocycles. The number of phenols is 1. The van der Waals surface area contributed by atoms with E-state index in [1.165, 1.54) is 20.1 Å². The molecule has 1 saturated heterocycles. The summed E-state index contributed by atoms with van der Waals surface area (Å²) in [7, 11) is 3.49. The maximum Gasteiger partial charge on any atom is 0.308 e. The lowest BCUT2D eigenvalue weighted by Gasteiger charge is -2.60. The molecular weight excluding hydrogens is 618 g/mol. The molecule has 0 radical (unpaired) electrons. The molecule has 2 amide bonds. The van der Waals surface area contributed by atoms with Crippen LogP contribution in [0.15, 0.2) is 18.2 Å². The highest BCUT2D eigenvalue weighted by atomic mass is 16.7. The van der Waals surface area contributed by atoms with Crippen molar-refractivity contribution in [2.24, 2.45) is 0 Å². The summed E-state index contributed by atoms with van der Waals surface area (Å²) >= 11 is 0. The highest BCUT2D eigenvalue weighted by Crippen LogP contribution is 2.58. The predicted molar refractivity (Wildman–Crippen MR) is 173 cm³/mol. The first-order valence-electron chi connectivity index (χ1n) is 16.1. The second-order valence-corrected chi connectivity index (χ2v) is 12.8. The van der Waals surface area contributed by atoms with Gasteiger partial charge in [-0.25, -0.2) is 0 Å². The summed E-state index contributed by atoms with van der Waals surface area (Å²) in [6, 6.07) is 1.43. The molecule has 0 aliphatic carbocycles. The third kappa shape index (κ3) is 5.20. The molecule has 4 aliphatic rings. The summed E-state index contributed by atoms with van der Waals surface area (Å²) in [5.74, 6) is 0.408. The van der Waals surface area contributed by atoms with Crippen molar-refractivity contribution in [2.75, 3.05) is 27.5 Å². The summed E-state index contributed by atoms with van der Waals surface area (Å²) in [6.07, 6.45) is 3.77. The Balaban J connectivity index is 1.53. The average Bonchev–Trinajstić information content (AvgIpc) is 3.52. The maximum absolute atomic E-state index is 13.4. The molecule has 4 aliphatic heterocycles. The van der Waals surface area contributed by atoms with Gasteiger partial charge in [-0.2, -0.15) is 5.26 Å². The maximum atomic E-state index is 13.4. The van der Waals surface area contributed by atoms with Gasteiger partial charge >= 0.3 is 5.97 Å². The Labute approximate surface area is 279 Å². The minimum absolute atomic E-state index is 0.0429. The number of carbonyl (C=O) groups is 3. The number of aryl methyl sites for hydroxylation is 1. The van der Waals surface area contributed by atoms with Crippen LogP contribution < -0.4 is 29.6 Å². The lowest BCUT2D eigenvalue weighted by Crippen LogP contribution is -2.69. The van der Waals surface area contributed by atoms with Crippen LogP contribution in [0.5, 0.6) is 28.7 Å². The summed E-state index contributed by atoms with van der Waals surface area (Å²) < 4.78 is 23.5. The number of methoxy groups -OCH3 is 1. The number of ether oxygens (including phenoxy) is 4. The second-order valence-electron chi connectivity index (χ2n) is 12.8. The van der Waals surface area contributed by atoms with Gasteiger partial charge < -0.3 is 34.7 Å². The molecule has 6 atom stereocenters. The summed E-state index contributed by atoms with van der Waals surface area (Å²) in [4.78, 5) is 42.3. The number of hydrogen-bond acceptors (Lipinski definition) is 11. The van der Waals surface area contributed by atoms with E-state index in [0.717, 1.165) is 16.7 Å². The van der Waals surface area contributed by atoms with Gasteiger partial charge in [-0.15, -0.1) is 0 Å². The van der Waals surface area contributed by atoms with Gasteiger partial charge in [0, 0.05) is 47.8 Å². The number of phenolic OH excluding ortho intramolecular Hbond substituents is 1. The van der Waals surface area contributed by atoms with Crippen LogP contribution in [0.2, 0.25) is 0 Å². The first-order valence-corrected chi connectivity index (χ1v) is 16.1. The molecule has 2 bridgehead atoms. The number of amides is 2. The molecular formula is C35H41N5O8. The SMILES string of the molecule is C/C=C/C(=O)N[C@@H](C)C(=O)NC[C@H]1c2c(c(OC(C)=O)c(C)c3c2OCO3)CC2[C@@H]3c4c(cc(C)c(OC)c4O)C[C@H]([C@H](C#N)N21)N3C. The Bertz CT molecular complexity index is 1770. The minimum Gasteiger partial charge on any atom is -0.504 e. The molecule has 254 valence electrons. The molecule has 13 nitrogen and oxygen atoms in total. The Morgan fingerprint density at radius 1 is 1.17 bits per heavy atom. The van der Waals surface area contributed by atoms with Gasteiger partial charge in [0.2, 0.25) is 18.6 Å². The molecule has 3 N–H and O–H groups in total. The summed E-state index contributed by atoms with van der Waals surface area (Å²) in [5.41, 5.74) is 4.45. The fourth-order valence-electron chi connectivity index (χ4n) is 8.14. The number of aromatic hydroxyl groups is 1. The molecule has 48 heavy (non-hydrogen) atoms. The van der Waals surface area contributed by atoms with Gasteiger partial charge in [0.25, 0.3) is 0 Å². The molecule has 6 rings (SSSR count). The highest BCUT2D eigenvalue weighted by molar-refractivity contribution is 5.92. The number of hydrogen-bond donors (Lipinski definition) is 3. The number of nitrogens with zero attached hydrogens (tertiary/aromatic N) is 3.